The van der Waals surface area contributed by atoms with Crippen molar-refractivity contribution in [1.82, 2.24) is 40.4 Å². The standard InChI is InChI=1S/C49H54F2N8O6/c1-25(2)41(57-47(63)65-5)45(61)58-24-48(14-15-48)21-39(58)43-52-23-38(56-43)29-8-12-33-32-11-7-27(18-34(32)49(50,51)35(33)19-29)28-9-13-36-37(20-28)55-44(54-36)42-30-6-10-31(17-30)59(42)40(60)16-26(3)22-53-46(62)64-4/h7-9,11-13,18-20,23,25-26,30-31,39,41-42H,6,10,14-17,21-22,24H2,1-5H3,(H,52,56)(H,53,62)(H,54,55)(H,57,63). The number of H-pyrrole nitrogens is 2. The number of hydrogen-bond donors (Lipinski definition) is 4. The molecule has 6 atom stereocenters. The molecule has 3 aromatic carbocycles. The molecule has 0 radical (unpaired) electrons. The Labute approximate surface area is 375 Å². The molecule has 6 unspecified atom stereocenters. The number of nitrogens with one attached hydrogen (secondary N) is 4. The molecule has 16 heteroatoms. The van der Waals surface area contributed by atoms with Crippen molar-refractivity contribution in [2.24, 2.45) is 23.2 Å². The summed E-state index contributed by atoms with van der Waals surface area (Å²) in [6.45, 7) is 6.57. The third-order valence-electron chi connectivity index (χ3n) is 14.7. The second kappa shape index (κ2) is 16.0. The Balaban J connectivity index is 0.875. The number of likely N-dealkylation sites (tertiary alicyclic amines) is 2. The van der Waals surface area contributed by atoms with Crippen LogP contribution in [0.3, 0.4) is 0 Å². The maximum Gasteiger partial charge on any atom is 0.407 e. The Bertz CT molecular complexity index is 2730. The third kappa shape index (κ3) is 7.47. The summed E-state index contributed by atoms with van der Waals surface area (Å²) in [4.78, 5) is 71.8. The van der Waals surface area contributed by atoms with Crippen molar-refractivity contribution in [3.05, 3.63) is 83.6 Å². The number of alkyl halides is 2. The average molecular weight is 889 g/mol. The molecule has 2 saturated carbocycles. The zero-order valence-electron chi connectivity index (χ0n) is 37.2. The SMILES string of the molecule is COC(=O)NCC(C)CC(=O)N1C2CCC(C2)C1c1nc2ccc(-c3ccc4c(c3)C(F)(F)c3cc(-c5cnc(C6CC7(CC7)CN6C(=O)C(NC(=O)OC)C(C)C)[nH]5)ccc3-4)cc2[nH]1. The topological polar surface area (TPSA) is 175 Å². The van der Waals surface area contributed by atoms with Crippen molar-refractivity contribution >= 4 is 35.0 Å². The molecule has 2 aliphatic heterocycles. The molecule has 3 aliphatic carbocycles. The maximum atomic E-state index is 16.7. The van der Waals surface area contributed by atoms with Gasteiger partial charge < -0.3 is 39.9 Å². The molecule has 340 valence electrons. The van der Waals surface area contributed by atoms with Crippen LogP contribution in [0, 0.1) is 23.2 Å². The van der Waals surface area contributed by atoms with E-state index in [1.54, 1.807) is 29.3 Å². The number of nitrogens with zero attached hydrogens (tertiary/aromatic N) is 4. The van der Waals surface area contributed by atoms with Gasteiger partial charge in [-0.05, 0) is 108 Å². The van der Waals surface area contributed by atoms with Gasteiger partial charge in [0.25, 0.3) is 5.92 Å². The summed E-state index contributed by atoms with van der Waals surface area (Å²) in [6, 6.07) is 14.8. The lowest BCUT2D eigenvalue weighted by Crippen LogP contribution is -2.51. The van der Waals surface area contributed by atoms with Crippen LogP contribution < -0.4 is 10.6 Å². The summed E-state index contributed by atoms with van der Waals surface area (Å²) < 4.78 is 42.8. The van der Waals surface area contributed by atoms with E-state index in [1.807, 2.05) is 56.0 Å². The van der Waals surface area contributed by atoms with E-state index >= 15 is 8.78 Å². The van der Waals surface area contributed by atoms with Gasteiger partial charge in [-0.2, -0.15) is 8.78 Å². The number of rotatable bonds is 11. The van der Waals surface area contributed by atoms with E-state index in [-0.39, 0.29) is 70.7 Å². The van der Waals surface area contributed by atoms with Gasteiger partial charge in [0, 0.05) is 42.2 Å². The first-order valence-corrected chi connectivity index (χ1v) is 22.7. The summed E-state index contributed by atoms with van der Waals surface area (Å²) in [5.74, 6) is -2.11. The van der Waals surface area contributed by atoms with Gasteiger partial charge in [0.2, 0.25) is 11.8 Å². The van der Waals surface area contributed by atoms with Gasteiger partial charge in [0.15, 0.2) is 0 Å². The highest BCUT2D eigenvalue weighted by Gasteiger charge is 2.55. The van der Waals surface area contributed by atoms with Gasteiger partial charge in [-0.1, -0.05) is 51.1 Å². The van der Waals surface area contributed by atoms with Gasteiger partial charge in [0.1, 0.15) is 17.7 Å². The molecule has 5 aromatic rings. The van der Waals surface area contributed by atoms with Gasteiger partial charge in [-0.15, -0.1) is 0 Å². The second-order valence-electron chi connectivity index (χ2n) is 19.3. The largest absolute Gasteiger partial charge is 0.453 e. The number of methoxy groups -OCH3 is 2. The first-order chi connectivity index (χ1) is 31.2. The molecule has 4 amide bonds. The highest BCUT2D eigenvalue weighted by Crippen LogP contribution is 2.59. The molecule has 14 nitrogen and oxygen atoms in total. The molecule has 1 spiro atoms. The number of fused-ring (bicyclic) bond motifs is 6. The number of aromatic amines is 2. The van der Waals surface area contributed by atoms with E-state index in [4.69, 9.17) is 14.7 Å². The number of imidazole rings is 2. The van der Waals surface area contributed by atoms with Gasteiger partial charge in [-0.3, -0.25) is 9.59 Å². The molecule has 4 heterocycles. The average Bonchev–Trinajstić information content (AvgIpc) is 3.96. The van der Waals surface area contributed by atoms with Gasteiger partial charge in [-0.25, -0.2) is 19.6 Å². The minimum Gasteiger partial charge on any atom is -0.453 e. The van der Waals surface area contributed by atoms with Crippen LogP contribution in [0.5, 0.6) is 0 Å². The Kier molecular flexibility index (Phi) is 10.5. The van der Waals surface area contributed by atoms with Crippen LogP contribution in [0.15, 0.2) is 60.8 Å². The number of carbonyl (C=O) groups excluding carboxylic acids is 4. The van der Waals surface area contributed by atoms with Crippen molar-refractivity contribution in [3.8, 4) is 33.5 Å². The highest BCUT2D eigenvalue weighted by atomic mass is 19.3. The Morgan fingerprint density at radius 2 is 1.57 bits per heavy atom. The van der Waals surface area contributed by atoms with Crippen molar-refractivity contribution in [2.45, 2.75) is 95.8 Å². The fourth-order valence-electron chi connectivity index (χ4n) is 11.0. The van der Waals surface area contributed by atoms with Crippen LogP contribution in [-0.2, 0) is 25.0 Å². The van der Waals surface area contributed by atoms with Gasteiger partial charge >= 0.3 is 12.2 Å². The van der Waals surface area contributed by atoms with Crippen molar-refractivity contribution in [2.75, 3.05) is 27.3 Å². The number of piperidine rings is 1. The summed E-state index contributed by atoms with van der Waals surface area (Å²) >= 11 is 0. The zero-order chi connectivity index (χ0) is 45.5. The predicted molar refractivity (Wildman–Crippen MR) is 237 cm³/mol. The highest BCUT2D eigenvalue weighted by molar-refractivity contribution is 5.88. The Morgan fingerprint density at radius 1 is 0.877 bits per heavy atom. The molecule has 4 N–H and O–H groups in total. The number of aromatic nitrogens is 4. The molecular weight excluding hydrogens is 835 g/mol. The van der Waals surface area contributed by atoms with E-state index in [0.29, 0.717) is 46.9 Å². The lowest BCUT2D eigenvalue weighted by molar-refractivity contribution is -0.137. The Morgan fingerprint density at radius 3 is 2.28 bits per heavy atom. The predicted octanol–water partition coefficient (Wildman–Crippen LogP) is 8.61. The second-order valence-corrected chi connectivity index (χ2v) is 19.3. The van der Waals surface area contributed by atoms with E-state index in [9.17, 15) is 19.2 Å². The van der Waals surface area contributed by atoms with Crippen LogP contribution in [0.4, 0.5) is 18.4 Å². The smallest absolute Gasteiger partial charge is 0.407 e. The number of amides is 4. The first-order valence-electron chi connectivity index (χ1n) is 22.7. The molecule has 65 heavy (non-hydrogen) atoms. The fraction of sp³-hybridized carbons (Fsp3) is 0.469. The van der Waals surface area contributed by atoms with Gasteiger partial charge in [0.05, 0.1) is 49.2 Å². The lowest BCUT2D eigenvalue weighted by atomic mass is 9.97. The number of hydrogen-bond acceptors (Lipinski definition) is 8. The molecule has 2 aromatic heterocycles. The number of ether oxygens (including phenoxy) is 2. The summed E-state index contributed by atoms with van der Waals surface area (Å²) in [7, 11) is 2.58. The monoisotopic (exact) mass is 888 g/mol. The van der Waals surface area contributed by atoms with Crippen LogP contribution in [0.1, 0.15) is 101 Å². The molecule has 10 rings (SSSR count). The number of benzene rings is 3. The van der Waals surface area contributed by atoms with E-state index in [1.165, 1.54) is 20.3 Å². The maximum absolute atomic E-state index is 16.7. The molecule has 2 bridgehead atoms. The van der Waals surface area contributed by atoms with Crippen LogP contribution in [0.25, 0.3) is 44.5 Å². The van der Waals surface area contributed by atoms with Crippen LogP contribution in [0.2, 0.25) is 0 Å². The van der Waals surface area contributed by atoms with Crippen LogP contribution in [-0.4, -0.2) is 93.1 Å². The van der Waals surface area contributed by atoms with E-state index < -0.39 is 24.2 Å². The van der Waals surface area contributed by atoms with Crippen molar-refractivity contribution in [3.63, 3.8) is 0 Å². The van der Waals surface area contributed by atoms with Crippen molar-refractivity contribution < 1.29 is 37.4 Å². The zero-order valence-corrected chi connectivity index (χ0v) is 37.2. The lowest BCUT2D eigenvalue weighted by Gasteiger charge is -2.35. The summed E-state index contributed by atoms with van der Waals surface area (Å²) in [5.41, 5.74) is 4.82. The van der Waals surface area contributed by atoms with E-state index in [2.05, 4.69) is 25.3 Å². The normalized spacial score (nSPS) is 22.8. The summed E-state index contributed by atoms with van der Waals surface area (Å²) in [6.07, 6.45) is 6.34. The molecule has 2 saturated heterocycles. The quantitative estimate of drug-likeness (QED) is 0.102. The number of carbonyl (C=O) groups is 4. The molecular formula is C49H54F2N8O6. The number of alkyl carbamates (subject to hydrolysis) is 2. The Hall–Kier alpha value is -6.32. The summed E-state index contributed by atoms with van der Waals surface area (Å²) in [5, 5.41) is 5.39. The fourth-order valence-corrected chi connectivity index (χ4v) is 11.0. The minimum absolute atomic E-state index is 0.0131. The molecule has 5 aliphatic rings. The van der Waals surface area contributed by atoms with E-state index in [0.717, 1.165) is 60.9 Å². The first kappa shape index (κ1) is 42.6. The molecule has 4 fully saturated rings. The van der Waals surface area contributed by atoms with Crippen LogP contribution >= 0.6 is 0 Å². The third-order valence-corrected chi connectivity index (χ3v) is 14.7. The minimum atomic E-state index is -3.28. The van der Waals surface area contributed by atoms with Crippen molar-refractivity contribution in [1.29, 1.82) is 0 Å². The number of halogens is 2.